The van der Waals surface area contributed by atoms with Gasteiger partial charge in [-0.1, -0.05) is 0 Å². The third-order valence-electron chi connectivity index (χ3n) is 4.24. The van der Waals surface area contributed by atoms with Gasteiger partial charge in [-0.2, -0.15) is 0 Å². The monoisotopic (exact) mass is 377 g/mol. The van der Waals surface area contributed by atoms with Gasteiger partial charge in [0.15, 0.2) is 0 Å². The molecular weight excluding hydrogens is 357 g/mol. The molecule has 0 aromatic heterocycles. The van der Waals surface area contributed by atoms with Gasteiger partial charge in [-0.3, -0.25) is 9.52 Å². The normalized spacial score (nSPS) is 14.5. The second kappa shape index (κ2) is 7.43. The summed E-state index contributed by atoms with van der Waals surface area (Å²) in [6.45, 7) is 3.96. The number of nitrogens with one attached hydrogen (secondary N) is 3. The topological polar surface area (TPSA) is 87.3 Å². The van der Waals surface area contributed by atoms with Crippen molar-refractivity contribution in [3.8, 4) is 0 Å². The molecule has 0 radical (unpaired) electrons. The zero-order chi connectivity index (χ0) is 18.7. The van der Waals surface area contributed by atoms with Crippen molar-refractivity contribution in [3.05, 3.63) is 59.4 Å². The lowest BCUT2D eigenvalue weighted by molar-refractivity contribution is 0.0942. The summed E-state index contributed by atoms with van der Waals surface area (Å²) in [5.74, 6) is -0.223. The van der Waals surface area contributed by atoms with Crippen LogP contribution in [0.2, 0.25) is 0 Å². The van der Waals surface area contributed by atoms with Crippen LogP contribution in [0.4, 0.5) is 10.1 Å². The van der Waals surface area contributed by atoms with Crippen LogP contribution in [-0.4, -0.2) is 34.0 Å². The van der Waals surface area contributed by atoms with E-state index >= 15 is 0 Å². The molecule has 1 aliphatic rings. The molecule has 138 valence electrons. The SMILES string of the molecule is Cc1cc(F)ccc1S(=O)(=O)Nc1ccc(C(=O)NCC2CNC2)cc1. The van der Waals surface area contributed by atoms with Crippen LogP contribution in [-0.2, 0) is 10.0 Å². The summed E-state index contributed by atoms with van der Waals surface area (Å²) in [4.78, 5) is 12.1. The molecular formula is C18H20FN3O3S. The van der Waals surface area contributed by atoms with Crippen molar-refractivity contribution in [1.82, 2.24) is 10.6 Å². The van der Waals surface area contributed by atoms with Crippen LogP contribution in [0.25, 0.3) is 0 Å². The Hall–Kier alpha value is -2.45. The van der Waals surface area contributed by atoms with Gasteiger partial charge in [-0.25, -0.2) is 12.8 Å². The van der Waals surface area contributed by atoms with E-state index in [2.05, 4.69) is 15.4 Å². The summed E-state index contributed by atoms with van der Waals surface area (Å²) >= 11 is 0. The molecule has 3 N–H and O–H groups in total. The Kier molecular flexibility index (Phi) is 5.24. The van der Waals surface area contributed by atoms with Crippen LogP contribution in [0.5, 0.6) is 0 Å². The largest absolute Gasteiger partial charge is 0.352 e. The van der Waals surface area contributed by atoms with E-state index in [1.54, 1.807) is 12.1 Å². The Balaban J connectivity index is 1.67. The molecule has 0 spiro atoms. The zero-order valence-electron chi connectivity index (χ0n) is 14.3. The molecule has 6 nitrogen and oxygen atoms in total. The van der Waals surface area contributed by atoms with Crippen LogP contribution in [0.1, 0.15) is 15.9 Å². The highest BCUT2D eigenvalue weighted by Gasteiger charge is 2.19. The van der Waals surface area contributed by atoms with E-state index in [-0.39, 0.29) is 10.8 Å². The van der Waals surface area contributed by atoms with Crippen molar-refractivity contribution in [2.24, 2.45) is 5.92 Å². The summed E-state index contributed by atoms with van der Waals surface area (Å²) in [7, 11) is -3.84. The van der Waals surface area contributed by atoms with E-state index in [9.17, 15) is 17.6 Å². The van der Waals surface area contributed by atoms with Gasteiger partial charge < -0.3 is 10.6 Å². The lowest BCUT2D eigenvalue weighted by Gasteiger charge is -2.27. The molecule has 26 heavy (non-hydrogen) atoms. The quantitative estimate of drug-likeness (QED) is 0.717. The van der Waals surface area contributed by atoms with E-state index in [1.807, 2.05) is 0 Å². The van der Waals surface area contributed by atoms with E-state index in [0.29, 0.717) is 29.3 Å². The Morgan fingerprint density at radius 3 is 2.46 bits per heavy atom. The van der Waals surface area contributed by atoms with E-state index in [4.69, 9.17) is 0 Å². The van der Waals surface area contributed by atoms with Crippen LogP contribution in [0.3, 0.4) is 0 Å². The summed E-state index contributed by atoms with van der Waals surface area (Å²) in [6.07, 6.45) is 0. The maximum atomic E-state index is 13.2. The number of sulfonamides is 1. The Labute approximate surface area is 151 Å². The van der Waals surface area contributed by atoms with Crippen molar-refractivity contribution < 1.29 is 17.6 Å². The van der Waals surface area contributed by atoms with Gasteiger partial charge in [0.05, 0.1) is 4.90 Å². The van der Waals surface area contributed by atoms with Crippen molar-refractivity contribution in [2.45, 2.75) is 11.8 Å². The highest BCUT2D eigenvalue weighted by Crippen LogP contribution is 2.20. The van der Waals surface area contributed by atoms with Crippen LogP contribution in [0, 0.1) is 18.7 Å². The molecule has 0 bridgehead atoms. The minimum atomic E-state index is -3.84. The first-order chi connectivity index (χ1) is 12.3. The first-order valence-electron chi connectivity index (χ1n) is 8.23. The maximum absolute atomic E-state index is 13.2. The smallest absolute Gasteiger partial charge is 0.262 e. The van der Waals surface area contributed by atoms with Gasteiger partial charge in [-0.15, -0.1) is 0 Å². The highest BCUT2D eigenvalue weighted by molar-refractivity contribution is 7.92. The van der Waals surface area contributed by atoms with Crippen LogP contribution >= 0.6 is 0 Å². The van der Waals surface area contributed by atoms with Gasteiger partial charge >= 0.3 is 0 Å². The standard InChI is InChI=1S/C18H20FN3O3S/c1-12-8-15(19)4-7-17(12)26(24,25)22-16-5-2-14(3-6-16)18(23)21-11-13-9-20-10-13/h2-8,13,20,22H,9-11H2,1H3,(H,21,23). The fraction of sp³-hybridized carbons (Fsp3) is 0.278. The van der Waals surface area contributed by atoms with Gasteiger partial charge in [0.25, 0.3) is 15.9 Å². The predicted octanol–water partition coefficient (Wildman–Crippen LogP) is 1.88. The van der Waals surface area contributed by atoms with Gasteiger partial charge in [0.2, 0.25) is 0 Å². The number of hydrogen-bond acceptors (Lipinski definition) is 4. The van der Waals surface area contributed by atoms with Gasteiger partial charge in [-0.05, 0) is 55.0 Å². The molecule has 0 unspecified atom stereocenters. The van der Waals surface area contributed by atoms with E-state index in [0.717, 1.165) is 19.2 Å². The Bertz CT molecular complexity index is 910. The summed E-state index contributed by atoms with van der Waals surface area (Å²) in [5.41, 5.74) is 1.10. The highest BCUT2D eigenvalue weighted by atomic mass is 32.2. The number of amides is 1. The van der Waals surface area contributed by atoms with Gasteiger partial charge in [0, 0.05) is 36.8 Å². The molecule has 1 saturated heterocycles. The minimum absolute atomic E-state index is 0.00910. The number of benzene rings is 2. The lowest BCUT2D eigenvalue weighted by atomic mass is 10.0. The number of halogens is 1. The lowest BCUT2D eigenvalue weighted by Crippen LogP contribution is -2.48. The van der Waals surface area contributed by atoms with Gasteiger partial charge in [0.1, 0.15) is 5.82 Å². The third kappa shape index (κ3) is 4.20. The fourth-order valence-electron chi connectivity index (χ4n) is 2.65. The van der Waals surface area contributed by atoms with E-state index < -0.39 is 15.8 Å². The number of carbonyl (C=O) groups is 1. The van der Waals surface area contributed by atoms with Crippen LogP contribution < -0.4 is 15.4 Å². The first-order valence-corrected chi connectivity index (χ1v) is 9.71. The molecule has 1 aliphatic heterocycles. The Morgan fingerprint density at radius 1 is 1.19 bits per heavy atom. The number of aryl methyl sites for hydroxylation is 1. The summed E-state index contributed by atoms with van der Waals surface area (Å²) < 4.78 is 40.5. The molecule has 1 fully saturated rings. The summed E-state index contributed by atoms with van der Waals surface area (Å²) in [6, 6.07) is 9.66. The predicted molar refractivity (Wildman–Crippen MR) is 97.1 cm³/mol. The van der Waals surface area contributed by atoms with Crippen molar-refractivity contribution in [1.29, 1.82) is 0 Å². The molecule has 3 rings (SSSR count). The number of hydrogen-bond donors (Lipinski definition) is 3. The molecule has 0 aliphatic carbocycles. The molecule has 8 heteroatoms. The molecule has 1 amide bonds. The average Bonchev–Trinajstić information content (AvgIpc) is 2.53. The van der Waals surface area contributed by atoms with Crippen LogP contribution in [0.15, 0.2) is 47.4 Å². The average molecular weight is 377 g/mol. The maximum Gasteiger partial charge on any atom is 0.262 e. The molecule has 0 atom stereocenters. The van der Waals surface area contributed by atoms with Crippen molar-refractivity contribution in [3.63, 3.8) is 0 Å². The second-order valence-corrected chi connectivity index (χ2v) is 7.98. The molecule has 1 heterocycles. The second-order valence-electron chi connectivity index (χ2n) is 6.33. The molecule has 0 saturated carbocycles. The van der Waals surface area contributed by atoms with Crippen molar-refractivity contribution in [2.75, 3.05) is 24.4 Å². The number of rotatable bonds is 6. The zero-order valence-corrected chi connectivity index (χ0v) is 15.1. The Morgan fingerprint density at radius 2 is 1.88 bits per heavy atom. The minimum Gasteiger partial charge on any atom is -0.352 e. The summed E-state index contributed by atoms with van der Waals surface area (Å²) in [5, 5.41) is 5.99. The first kappa shape index (κ1) is 18.3. The number of carbonyl (C=O) groups excluding carboxylic acids is 1. The fourth-order valence-corrected chi connectivity index (χ4v) is 3.93. The van der Waals surface area contributed by atoms with E-state index in [1.165, 1.54) is 31.2 Å². The number of anilines is 1. The van der Waals surface area contributed by atoms with Crippen molar-refractivity contribution >= 4 is 21.6 Å². The third-order valence-corrected chi connectivity index (χ3v) is 5.78. The molecule has 2 aromatic rings. The molecule has 2 aromatic carbocycles.